The van der Waals surface area contributed by atoms with Crippen molar-refractivity contribution in [1.82, 2.24) is 19.1 Å². The summed E-state index contributed by atoms with van der Waals surface area (Å²) < 4.78 is 3.62. The second-order valence-corrected chi connectivity index (χ2v) is 3.04. The lowest BCUT2D eigenvalue weighted by Crippen LogP contribution is -2.21. The molecule has 0 bridgehead atoms. The van der Waals surface area contributed by atoms with Crippen molar-refractivity contribution in [2.75, 3.05) is 0 Å². The van der Waals surface area contributed by atoms with Gasteiger partial charge in [-0.05, 0) is 0 Å². The van der Waals surface area contributed by atoms with Gasteiger partial charge in [-0.25, -0.2) is 9.97 Å². The predicted octanol–water partition coefficient (Wildman–Crippen LogP) is 0.251. The van der Waals surface area contributed by atoms with E-state index in [4.69, 9.17) is 0 Å². The number of imidazole rings is 2. The van der Waals surface area contributed by atoms with Gasteiger partial charge in [0.2, 0.25) is 0 Å². The predicted molar refractivity (Wildman–Crippen MR) is 44.7 cm³/mol. The Labute approximate surface area is 74.3 Å². The Bertz CT molecular complexity index is 444. The van der Waals surface area contributed by atoms with E-state index in [9.17, 15) is 5.11 Å². The molecule has 3 heterocycles. The van der Waals surface area contributed by atoms with E-state index >= 15 is 0 Å². The molecule has 0 amide bonds. The van der Waals surface area contributed by atoms with Crippen molar-refractivity contribution in [3.63, 3.8) is 0 Å². The van der Waals surface area contributed by atoms with Gasteiger partial charge in [0, 0.05) is 24.8 Å². The summed E-state index contributed by atoms with van der Waals surface area (Å²) in [6.07, 6.45) is 6.46. The van der Waals surface area contributed by atoms with Crippen LogP contribution in [-0.4, -0.2) is 24.2 Å². The maximum absolute atomic E-state index is 9.69. The summed E-state index contributed by atoms with van der Waals surface area (Å²) in [5.41, 5.74) is 0. The van der Waals surface area contributed by atoms with Crippen molar-refractivity contribution < 1.29 is 5.11 Å². The summed E-state index contributed by atoms with van der Waals surface area (Å²) in [7, 11) is 0. The van der Waals surface area contributed by atoms with E-state index in [1.165, 1.54) is 0 Å². The van der Waals surface area contributed by atoms with Gasteiger partial charge in [0.05, 0.1) is 6.54 Å². The van der Waals surface area contributed by atoms with E-state index in [-0.39, 0.29) is 0 Å². The van der Waals surface area contributed by atoms with Crippen LogP contribution >= 0.6 is 0 Å². The summed E-state index contributed by atoms with van der Waals surface area (Å²) in [5, 5.41) is 9.69. The second-order valence-electron chi connectivity index (χ2n) is 3.04. The number of hydrogen-bond donors (Lipinski definition) is 1. The molecule has 2 aromatic rings. The molecule has 1 N–H and O–H groups in total. The zero-order valence-electron chi connectivity index (χ0n) is 6.83. The first-order chi connectivity index (χ1) is 6.36. The van der Waals surface area contributed by atoms with Gasteiger partial charge in [-0.2, -0.15) is 0 Å². The van der Waals surface area contributed by atoms with Crippen LogP contribution in [0.3, 0.4) is 0 Å². The van der Waals surface area contributed by atoms with Gasteiger partial charge in [0.25, 0.3) is 0 Å². The maximum Gasteiger partial charge on any atom is 0.178 e. The maximum atomic E-state index is 9.69. The summed E-state index contributed by atoms with van der Waals surface area (Å²) >= 11 is 0. The topological polar surface area (TPSA) is 55.9 Å². The Balaban J connectivity index is 2.30. The minimum atomic E-state index is -0.529. The molecular formula is C8H8N4O. The first-order valence-electron chi connectivity index (χ1n) is 4.08. The highest BCUT2D eigenvalue weighted by Gasteiger charge is 2.22. The van der Waals surface area contributed by atoms with Crippen LogP contribution in [0.1, 0.15) is 6.23 Å². The largest absolute Gasteiger partial charge is 0.371 e. The van der Waals surface area contributed by atoms with E-state index in [1.54, 1.807) is 23.2 Å². The van der Waals surface area contributed by atoms with E-state index in [0.29, 0.717) is 6.54 Å². The molecule has 0 aliphatic carbocycles. The van der Waals surface area contributed by atoms with Gasteiger partial charge in [-0.1, -0.05) is 0 Å². The molecule has 0 aromatic carbocycles. The van der Waals surface area contributed by atoms with E-state index < -0.39 is 6.23 Å². The molecule has 66 valence electrons. The summed E-state index contributed by atoms with van der Waals surface area (Å²) in [6, 6.07) is 0. The summed E-state index contributed by atoms with van der Waals surface area (Å²) in [6.45, 7) is 0.540. The third kappa shape index (κ3) is 0.790. The minimum absolute atomic E-state index is 0.529. The van der Waals surface area contributed by atoms with Gasteiger partial charge >= 0.3 is 0 Å². The molecule has 0 saturated heterocycles. The van der Waals surface area contributed by atoms with Gasteiger partial charge in [0.1, 0.15) is 6.23 Å². The zero-order valence-corrected chi connectivity index (χ0v) is 6.83. The van der Waals surface area contributed by atoms with Gasteiger partial charge in [-0.3, -0.25) is 0 Å². The van der Waals surface area contributed by atoms with Crippen molar-refractivity contribution in [1.29, 1.82) is 0 Å². The molecule has 1 atom stereocenters. The number of aliphatic hydroxyl groups is 1. The minimum Gasteiger partial charge on any atom is -0.371 e. The molecule has 13 heavy (non-hydrogen) atoms. The molecule has 5 heteroatoms. The average Bonchev–Trinajstić information content (AvgIpc) is 2.66. The van der Waals surface area contributed by atoms with Crippen LogP contribution in [0.15, 0.2) is 24.8 Å². The van der Waals surface area contributed by atoms with Crippen LogP contribution in [0.5, 0.6) is 0 Å². The number of aromatic nitrogens is 4. The Kier molecular flexibility index (Phi) is 1.16. The van der Waals surface area contributed by atoms with Crippen LogP contribution in [-0.2, 0) is 6.54 Å². The van der Waals surface area contributed by atoms with Crippen molar-refractivity contribution in [2.45, 2.75) is 12.8 Å². The molecular weight excluding hydrogens is 168 g/mol. The average molecular weight is 176 g/mol. The Morgan fingerprint density at radius 1 is 1.23 bits per heavy atom. The normalized spacial score (nSPS) is 19.6. The lowest BCUT2D eigenvalue weighted by atomic mass is 10.4. The van der Waals surface area contributed by atoms with E-state index in [1.807, 2.05) is 10.8 Å². The van der Waals surface area contributed by atoms with Gasteiger partial charge in [-0.15, -0.1) is 0 Å². The van der Waals surface area contributed by atoms with E-state index in [0.717, 1.165) is 11.6 Å². The number of nitrogens with zero attached hydrogens (tertiary/aromatic N) is 4. The van der Waals surface area contributed by atoms with Crippen LogP contribution in [0.2, 0.25) is 0 Å². The van der Waals surface area contributed by atoms with E-state index in [2.05, 4.69) is 9.97 Å². The number of rotatable bonds is 0. The second kappa shape index (κ2) is 2.20. The number of fused-ring (bicyclic) bond motifs is 3. The van der Waals surface area contributed by atoms with Crippen molar-refractivity contribution in [2.24, 2.45) is 0 Å². The Hall–Kier alpha value is -1.62. The number of hydrogen-bond acceptors (Lipinski definition) is 3. The Morgan fingerprint density at radius 2 is 2.00 bits per heavy atom. The SMILES string of the molecule is O[C@H]1Cn2ccnc2-c2nccn21. The smallest absolute Gasteiger partial charge is 0.178 e. The van der Waals surface area contributed by atoms with Gasteiger partial charge in [0.15, 0.2) is 11.6 Å². The first kappa shape index (κ1) is 6.85. The highest BCUT2D eigenvalue weighted by atomic mass is 16.3. The molecule has 5 nitrogen and oxygen atoms in total. The van der Waals surface area contributed by atoms with Crippen LogP contribution < -0.4 is 0 Å². The van der Waals surface area contributed by atoms with Gasteiger partial charge < -0.3 is 14.2 Å². The van der Waals surface area contributed by atoms with Crippen LogP contribution in [0.25, 0.3) is 11.6 Å². The molecule has 2 aromatic heterocycles. The lowest BCUT2D eigenvalue weighted by molar-refractivity contribution is 0.0809. The lowest BCUT2D eigenvalue weighted by Gasteiger charge is -2.21. The fourth-order valence-electron chi connectivity index (χ4n) is 1.65. The van der Waals surface area contributed by atoms with Crippen molar-refractivity contribution >= 4 is 0 Å². The van der Waals surface area contributed by atoms with Crippen LogP contribution in [0, 0.1) is 0 Å². The molecule has 0 saturated carbocycles. The molecule has 1 aliphatic heterocycles. The number of aliphatic hydroxyl groups excluding tert-OH is 1. The molecule has 0 radical (unpaired) electrons. The fourth-order valence-corrected chi connectivity index (χ4v) is 1.65. The first-order valence-corrected chi connectivity index (χ1v) is 4.08. The van der Waals surface area contributed by atoms with Crippen molar-refractivity contribution in [3.8, 4) is 11.6 Å². The zero-order chi connectivity index (χ0) is 8.84. The van der Waals surface area contributed by atoms with Crippen LogP contribution in [0.4, 0.5) is 0 Å². The third-order valence-electron chi connectivity index (χ3n) is 2.27. The Morgan fingerprint density at radius 3 is 2.92 bits per heavy atom. The third-order valence-corrected chi connectivity index (χ3v) is 2.27. The fraction of sp³-hybridized carbons (Fsp3) is 0.250. The monoisotopic (exact) mass is 176 g/mol. The molecule has 1 aliphatic rings. The molecule has 0 spiro atoms. The molecule has 3 rings (SSSR count). The highest BCUT2D eigenvalue weighted by molar-refractivity contribution is 5.46. The highest BCUT2D eigenvalue weighted by Crippen LogP contribution is 2.25. The summed E-state index contributed by atoms with van der Waals surface area (Å²) in [5.74, 6) is 1.54. The van der Waals surface area contributed by atoms with Crippen molar-refractivity contribution in [3.05, 3.63) is 24.8 Å². The summed E-state index contributed by atoms with van der Waals surface area (Å²) in [4.78, 5) is 8.31. The standard InChI is InChI=1S/C8H8N4O/c13-6-5-11-3-1-9-7(11)8-10-2-4-12(6)8/h1-4,6,13H,5H2/t6-/m0/s1. The molecule has 0 unspecified atom stereocenters. The quantitative estimate of drug-likeness (QED) is 0.626. The molecule has 0 fully saturated rings.